The largest absolute Gasteiger partial charge is 0.494 e. The highest BCUT2D eigenvalue weighted by Gasteiger charge is 2.16. The van der Waals surface area contributed by atoms with Gasteiger partial charge in [-0.3, -0.25) is 0 Å². The number of methoxy groups -OCH3 is 1. The van der Waals surface area contributed by atoms with Gasteiger partial charge in [0.05, 0.1) is 19.1 Å². The van der Waals surface area contributed by atoms with Crippen molar-refractivity contribution in [3.8, 4) is 11.8 Å². The Morgan fingerprint density at radius 3 is 2.47 bits per heavy atom. The number of hydrogen-bond donors (Lipinski definition) is 0. The van der Waals surface area contributed by atoms with E-state index in [4.69, 9.17) is 10.00 Å². The minimum Gasteiger partial charge on any atom is -0.494 e. The molecule has 0 spiro atoms. The number of benzene rings is 1. The molecule has 2 nitrogen and oxygen atoms in total. The fourth-order valence-corrected chi connectivity index (χ4v) is 1.48. The van der Waals surface area contributed by atoms with Crippen LogP contribution >= 0.6 is 0 Å². The fraction of sp³-hybridized carbons (Fsp3) is 0.417. The van der Waals surface area contributed by atoms with Gasteiger partial charge in [0.2, 0.25) is 0 Å². The van der Waals surface area contributed by atoms with Crippen LogP contribution in [-0.4, -0.2) is 7.11 Å². The molecule has 0 N–H and O–H groups in total. The van der Waals surface area contributed by atoms with E-state index >= 15 is 0 Å². The molecule has 0 bridgehead atoms. The van der Waals surface area contributed by atoms with Crippen molar-refractivity contribution in [2.45, 2.75) is 19.8 Å². The van der Waals surface area contributed by atoms with E-state index in [-0.39, 0.29) is 17.6 Å². The fourth-order valence-electron chi connectivity index (χ4n) is 1.48. The molecule has 0 aliphatic carbocycles. The summed E-state index contributed by atoms with van der Waals surface area (Å²) in [7, 11) is 1.42. The van der Waals surface area contributed by atoms with Crippen molar-refractivity contribution in [2.24, 2.45) is 5.92 Å². The molecule has 1 rings (SSSR count). The second-order valence-electron chi connectivity index (χ2n) is 3.74. The third-order valence-electron chi connectivity index (χ3n) is 2.34. The molecule has 1 aromatic rings. The molecule has 0 radical (unpaired) electrons. The van der Waals surface area contributed by atoms with Gasteiger partial charge in [0, 0.05) is 0 Å². The van der Waals surface area contributed by atoms with Gasteiger partial charge < -0.3 is 4.74 Å². The molecule has 80 valence electrons. The molecule has 0 amide bonds. The van der Waals surface area contributed by atoms with Gasteiger partial charge in [0.25, 0.3) is 0 Å². The molecule has 1 unspecified atom stereocenters. The number of ether oxygens (including phenoxy) is 1. The molecule has 0 saturated heterocycles. The van der Waals surface area contributed by atoms with Crippen molar-refractivity contribution in [3.05, 3.63) is 29.6 Å². The summed E-state index contributed by atoms with van der Waals surface area (Å²) >= 11 is 0. The number of nitrogens with zero attached hydrogens (tertiary/aromatic N) is 1. The standard InChI is InChI=1S/C12H14FNO/c1-8(2)10(7-14)9-4-5-12(15-3)11(13)6-9/h4-6,8,10H,1-3H3. The minimum atomic E-state index is -0.420. The van der Waals surface area contributed by atoms with Crippen LogP contribution < -0.4 is 4.74 Å². The van der Waals surface area contributed by atoms with E-state index in [0.717, 1.165) is 0 Å². The third-order valence-corrected chi connectivity index (χ3v) is 2.34. The van der Waals surface area contributed by atoms with Crippen LogP contribution in [0.4, 0.5) is 4.39 Å². The van der Waals surface area contributed by atoms with Crippen LogP contribution in [0, 0.1) is 23.1 Å². The highest BCUT2D eigenvalue weighted by Crippen LogP contribution is 2.27. The van der Waals surface area contributed by atoms with Gasteiger partial charge in [0.1, 0.15) is 0 Å². The van der Waals surface area contributed by atoms with E-state index in [1.54, 1.807) is 12.1 Å². The lowest BCUT2D eigenvalue weighted by molar-refractivity contribution is 0.385. The molecule has 1 aromatic carbocycles. The van der Waals surface area contributed by atoms with Crippen LogP contribution in [0.1, 0.15) is 25.3 Å². The molecule has 15 heavy (non-hydrogen) atoms. The number of halogens is 1. The zero-order valence-electron chi connectivity index (χ0n) is 9.12. The SMILES string of the molecule is COc1ccc(C(C#N)C(C)C)cc1F. The van der Waals surface area contributed by atoms with Gasteiger partial charge in [0.15, 0.2) is 11.6 Å². The van der Waals surface area contributed by atoms with Crippen molar-refractivity contribution in [1.29, 1.82) is 5.26 Å². The second kappa shape index (κ2) is 4.79. The maximum atomic E-state index is 13.4. The highest BCUT2D eigenvalue weighted by atomic mass is 19.1. The van der Waals surface area contributed by atoms with Gasteiger partial charge >= 0.3 is 0 Å². The van der Waals surface area contributed by atoms with Crippen LogP contribution in [0.2, 0.25) is 0 Å². The van der Waals surface area contributed by atoms with Gasteiger partial charge in [-0.05, 0) is 23.6 Å². The first kappa shape index (κ1) is 11.5. The summed E-state index contributed by atoms with van der Waals surface area (Å²) in [6.07, 6.45) is 0. The monoisotopic (exact) mass is 207 g/mol. The molecule has 0 aliphatic heterocycles. The number of rotatable bonds is 3. The third kappa shape index (κ3) is 2.47. The molecule has 1 atom stereocenters. The lowest BCUT2D eigenvalue weighted by Gasteiger charge is -2.13. The zero-order chi connectivity index (χ0) is 11.4. The summed E-state index contributed by atoms with van der Waals surface area (Å²) < 4.78 is 18.2. The quantitative estimate of drug-likeness (QED) is 0.763. The van der Waals surface area contributed by atoms with Crippen LogP contribution in [-0.2, 0) is 0 Å². The molecule has 0 aliphatic rings. The van der Waals surface area contributed by atoms with E-state index in [0.29, 0.717) is 5.56 Å². The van der Waals surface area contributed by atoms with E-state index in [9.17, 15) is 4.39 Å². The molecule has 3 heteroatoms. The maximum absolute atomic E-state index is 13.4. The summed E-state index contributed by atoms with van der Waals surface area (Å²) in [5.41, 5.74) is 0.700. The van der Waals surface area contributed by atoms with Gasteiger partial charge in [-0.2, -0.15) is 5.26 Å². The van der Waals surface area contributed by atoms with Crippen molar-refractivity contribution < 1.29 is 9.13 Å². The van der Waals surface area contributed by atoms with Crippen LogP contribution in [0.5, 0.6) is 5.75 Å². The van der Waals surface area contributed by atoms with Crippen molar-refractivity contribution in [1.82, 2.24) is 0 Å². The van der Waals surface area contributed by atoms with Gasteiger partial charge in [-0.1, -0.05) is 19.9 Å². The number of nitriles is 1. The van der Waals surface area contributed by atoms with E-state index in [1.165, 1.54) is 13.2 Å². The van der Waals surface area contributed by atoms with E-state index < -0.39 is 5.82 Å². The highest BCUT2D eigenvalue weighted by molar-refractivity contribution is 5.33. The summed E-state index contributed by atoms with van der Waals surface area (Å²) in [5, 5.41) is 8.96. The predicted molar refractivity (Wildman–Crippen MR) is 56.1 cm³/mol. The molecular weight excluding hydrogens is 193 g/mol. The Kier molecular flexibility index (Phi) is 3.68. The Labute approximate surface area is 89.3 Å². The summed E-state index contributed by atoms with van der Waals surface area (Å²) in [6, 6.07) is 6.83. The van der Waals surface area contributed by atoms with Crippen molar-refractivity contribution >= 4 is 0 Å². The minimum absolute atomic E-state index is 0.169. The number of hydrogen-bond acceptors (Lipinski definition) is 2. The molecular formula is C12H14FNO. The first-order valence-corrected chi connectivity index (χ1v) is 4.83. The first-order valence-electron chi connectivity index (χ1n) is 4.83. The summed E-state index contributed by atoms with van der Waals surface area (Å²) in [4.78, 5) is 0. The molecule has 0 aromatic heterocycles. The van der Waals surface area contributed by atoms with E-state index in [1.807, 2.05) is 13.8 Å². The Balaban J connectivity index is 3.07. The maximum Gasteiger partial charge on any atom is 0.165 e. The average Bonchev–Trinajstić information content (AvgIpc) is 2.18. The first-order chi connectivity index (χ1) is 7.10. The molecule has 0 fully saturated rings. The smallest absolute Gasteiger partial charge is 0.165 e. The topological polar surface area (TPSA) is 33.0 Å². The van der Waals surface area contributed by atoms with Gasteiger partial charge in [-0.15, -0.1) is 0 Å². The lowest BCUT2D eigenvalue weighted by atomic mass is 9.90. The zero-order valence-corrected chi connectivity index (χ0v) is 9.12. The summed E-state index contributed by atoms with van der Waals surface area (Å²) in [5.74, 6) is -0.316. The van der Waals surface area contributed by atoms with Crippen LogP contribution in [0.3, 0.4) is 0 Å². The van der Waals surface area contributed by atoms with Crippen molar-refractivity contribution in [3.63, 3.8) is 0 Å². The second-order valence-corrected chi connectivity index (χ2v) is 3.74. The van der Waals surface area contributed by atoms with Gasteiger partial charge in [-0.25, -0.2) is 4.39 Å². The molecule has 0 saturated carbocycles. The van der Waals surface area contributed by atoms with E-state index in [2.05, 4.69) is 6.07 Å². The molecule has 0 heterocycles. The Morgan fingerprint density at radius 2 is 2.07 bits per heavy atom. The Hall–Kier alpha value is -1.56. The van der Waals surface area contributed by atoms with Crippen molar-refractivity contribution in [2.75, 3.05) is 7.11 Å². The summed E-state index contributed by atoms with van der Waals surface area (Å²) in [6.45, 7) is 3.88. The normalized spacial score (nSPS) is 12.3. The Morgan fingerprint density at radius 1 is 1.40 bits per heavy atom. The van der Waals surface area contributed by atoms with Crippen LogP contribution in [0.15, 0.2) is 18.2 Å². The Bertz CT molecular complexity index is 382. The van der Waals surface area contributed by atoms with Crippen LogP contribution in [0.25, 0.3) is 0 Å². The lowest BCUT2D eigenvalue weighted by Crippen LogP contribution is -2.04. The predicted octanol–water partition coefficient (Wildman–Crippen LogP) is 3.10. The average molecular weight is 207 g/mol.